The van der Waals surface area contributed by atoms with Crippen LogP contribution in [0.5, 0.6) is 0 Å². The van der Waals surface area contributed by atoms with Gasteiger partial charge in [-0.05, 0) is 84.2 Å². The summed E-state index contributed by atoms with van der Waals surface area (Å²) >= 11 is 0. The summed E-state index contributed by atoms with van der Waals surface area (Å²) in [7, 11) is -2.06. The van der Waals surface area contributed by atoms with Crippen LogP contribution in [-0.4, -0.2) is 51.1 Å². The maximum absolute atomic E-state index is 15.2. The normalized spacial score (nSPS) is 24.2. The van der Waals surface area contributed by atoms with Gasteiger partial charge in [0.15, 0.2) is 6.29 Å². The van der Waals surface area contributed by atoms with Crippen LogP contribution in [0.15, 0.2) is 85.0 Å². The van der Waals surface area contributed by atoms with E-state index in [0.717, 1.165) is 48.6 Å². The Morgan fingerprint density at radius 1 is 1.04 bits per heavy atom. The van der Waals surface area contributed by atoms with Crippen molar-refractivity contribution >= 4 is 24.7 Å². The van der Waals surface area contributed by atoms with E-state index in [2.05, 4.69) is 32.9 Å². The van der Waals surface area contributed by atoms with Gasteiger partial charge in [0.25, 0.3) is 14.2 Å². The summed E-state index contributed by atoms with van der Waals surface area (Å²) in [6.07, 6.45) is 13.7. The quantitative estimate of drug-likeness (QED) is 0.0725. The zero-order valence-corrected chi connectivity index (χ0v) is 31.9. The molecule has 1 aliphatic heterocycles. The molecule has 0 spiro atoms. The molecule has 50 heavy (non-hydrogen) atoms. The molecule has 2 aromatic rings. The minimum atomic E-state index is -3.46. The van der Waals surface area contributed by atoms with Crippen LogP contribution in [0.4, 0.5) is 8.78 Å². The maximum Gasteiger partial charge on any atom is 0.305 e. The number of halogens is 2. The molecule has 1 aliphatic carbocycles. The number of unbranched alkanes of at least 4 members (excludes halogenated alkanes) is 3. The summed E-state index contributed by atoms with van der Waals surface area (Å²) in [5.74, 6) is -3.48. The molecule has 4 rings (SSSR count). The number of methoxy groups -OCH3 is 1. The first kappa shape index (κ1) is 40.1. The van der Waals surface area contributed by atoms with Gasteiger partial charge in [0.2, 0.25) is 0 Å². The van der Waals surface area contributed by atoms with E-state index >= 15 is 8.78 Å². The number of hydrogen-bond acceptors (Lipinski definition) is 5. The van der Waals surface area contributed by atoms with Crippen LogP contribution >= 0.6 is 0 Å². The Morgan fingerprint density at radius 3 is 2.28 bits per heavy atom. The monoisotopic (exact) mass is 710 g/mol. The fourth-order valence-corrected chi connectivity index (χ4v) is 12.2. The van der Waals surface area contributed by atoms with E-state index in [1.165, 1.54) is 7.11 Å². The minimum Gasteiger partial charge on any atom is -0.469 e. The first-order chi connectivity index (χ1) is 23.9. The van der Waals surface area contributed by atoms with Gasteiger partial charge in [-0.3, -0.25) is 4.79 Å². The molecule has 2 unspecified atom stereocenters. The number of benzene rings is 2. The fraction of sp³-hybridized carbons (Fsp3) is 0.595. The van der Waals surface area contributed by atoms with Gasteiger partial charge in [0.1, 0.15) is 0 Å². The number of allylic oxidation sites excluding steroid dienone is 3. The van der Waals surface area contributed by atoms with Crippen LogP contribution < -0.4 is 10.4 Å². The van der Waals surface area contributed by atoms with Crippen molar-refractivity contribution in [3.05, 3.63) is 85.0 Å². The van der Waals surface area contributed by atoms with Gasteiger partial charge in [-0.2, -0.15) is 0 Å². The second kappa shape index (κ2) is 18.7. The van der Waals surface area contributed by atoms with Gasteiger partial charge >= 0.3 is 5.97 Å². The van der Waals surface area contributed by atoms with Crippen molar-refractivity contribution in [3.63, 3.8) is 0 Å². The lowest BCUT2D eigenvalue weighted by atomic mass is 9.75. The van der Waals surface area contributed by atoms with Crippen LogP contribution in [0.25, 0.3) is 0 Å². The van der Waals surface area contributed by atoms with E-state index in [0.29, 0.717) is 38.7 Å². The molecule has 0 bridgehead atoms. The predicted octanol–water partition coefficient (Wildman–Crippen LogP) is 8.99. The fourth-order valence-electron chi connectivity index (χ4n) is 8.28. The lowest BCUT2D eigenvalue weighted by Crippen LogP contribution is -2.67. The largest absolute Gasteiger partial charge is 0.469 e. The Labute approximate surface area is 300 Å². The number of alkyl halides is 2. The Kier molecular flexibility index (Phi) is 15.0. The van der Waals surface area contributed by atoms with Crippen LogP contribution in [0.1, 0.15) is 98.3 Å². The van der Waals surface area contributed by atoms with Gasteiger partial charge in [-0.25, -0.2) is 8.78 Å². The minimum absolute atomic E-state index is 0.0138. The molecule has 1 saturated carbocycles. The van der Waals surface area contributed by atoms with E-state index in [1.807, 2.05) is 67.6 Å². The van der Waals surface area contributed by atoms with Crippen molar-refractivity contribution in [1.29, 1.82) is 0 Å². The molecule has 2 aliphatic rings. The number of rotatable bonds is 18. The second-order valence-electron chi connectivity index (χ2n) is 15.0. The van der Waals surface area contributed by atoms with E-state index < -0.39 is 19.3 Å². The van der Waals surface area contributed by atoms with Gasteiger partial charge in [-0.15, -0.1) is 0 Å². The summed E-state index contributed by atoms with van der Waals surface area (Å²) in [6, 6.07) is 20.0. The van der Waals surface area contributed by atoms with Crippen molar-refractivity contribution in [1.82, 2.24) is 0 Å². The van der Waals surface area contributed by atoms with Crippen molar-refractivity contribution in [2.75, 3.05) is 13.7 Å². The maximum atomic E-state index is 15.2. The van der Waals surface area contributed by atoms with E-state index in [9.17, 15) is 9.59 Å². The summed E-state index contributed by atoms with van der Waals surface area (Å²) in [5, 5.41) is 1.22. The van der Waals surface area contributed by atoms with Crippen LogP contribution in [0.3, 0.4) is 0 Å². The molecule has 276 valence electrons. The van der Waals surface area contributed by atoms with Gasteiger partial charge in [0.05, 0.1) is 13.2 Å². The summed E-state index contributed by atoms with van der Waals surface area (Å²) in [5.41, 5.74) is 0. The van der Waals surface area contributed by atoms with Crippen molar-refractivity contribution in [2.45, 2.75) is 122 Å². The highest BCUT2D eigenvalue weighted by molar-refractivity contribution is 6.98. The Morgan fingerprint density at radius 2 is 1.70 bits per heavy atom. The molecule has 1 N–H and O–H groups in total. The lowest BCUT2D eigenvalue weighted by Gasteiger charge is -2.48. The Hall–Kier alpha value is -2.65. The van der Waals surface area contributed by atoms with Crippen molar-refractivity contribution in [2.24, 2.45) is 23.7 Å². The molecule has 5 nitrogen and oxygen atoms in total. The van der Waals surface area contributed by atoms with E-state index in [1.54, 1.807) is 6.08 Å². The van der Waals surface area contributed by atoms with Crippen molar-refractivity contribution in [3.8, 4) is 0 Å². The average Bonchev–Trinajstić information content (AvgIpc) is 3.42. The smallest absolute Gasteiger partial charge is 0.305 e. The molecular weight excluding hydrogens is 651 g/mol. The van der Waals surface area contributed by atoms with E-state index in [4.69, 9.17) is 14.2 Å². The highest BCUT2D eigenvalue weighted by atomic mass is 28.4. The number of esters is 1. The summed E-state index contributed by atoms with van der Waals surface area (Å²) in [4.78, 5) is 25.1. The number of hydrogen-bond donors (Lipinski definition) is 1. The second-order valence-corrected chi connectivity index (χ2v) is 18.8. The number of carbonyl (C=O) groups is 1. The van der Waals surface area contributed by atoms with E-state index in [-0.39, 0.29) is 48.5 Å². The van der Waals surface area contributed by atoms with Crippen LogP contribution in [0.2, 0.25) is 5.04 Å². The third kappa shape index (κ3) is 10.0. The van der Waals surface area contributed by atoms with Gasteiger partial charge in [-0.1, -0.05) is 119 Å². The highest BCUT2D eigenvalue weighted by Gasteiger charge is 2.57. The molecule has 8 heteroatoms. The lowest BCUT2D eigenvalue weighted by molar-refractivity contribution is -0.192. The predicted molar refractivity (Wildman–Crippen MR) is 200 cm³/mol. The summed E-state index contributed by atoms with van der Waals surface area (Å²) < 4.78 is 47.9. The zero-order chi connectivity index (χ0) is 36.2. The third-order valence-electron chi connectivity index (χ3n) is 11.3. The Bertz CT molecular complexity index is 1320. The number of ether oxygens (including phenoxy) is 3. The molecular formula is C42H60F2O5Si. The van der Waals surface area contributed by atoms with Crippen LogP contribution in [0, 0.1) is 23.7 Å². The topological polar surface area (TPSA) is 65.0 Å². The number of carbonyl (C=O) groups excluding carboxylic acids is 1. The molecule has 0 amide bonds. The first-order valence-electron chi connectivity index (χ1n) is 18.9. The molecule has 0 radical (unpaired) electrons. The molecule has 2 fully saturated rings. The molecule has 1 heterocycles. The zero-order valence-electron chi connectivity index (χ0n) is 30.9. The summed E-state index contributed by atoms with van der Waals surface area (Å²) in [6.45, 7) is 9.19. The van der Waals surface area contributed by atoms with Crippen LogP contribution in [-0.2, 0) is 19.0 Å². The molecule has 1 saturated heterocycles. The van der Waals surface area contributed by atoms with Gasteiger partial charge < -0.3 is 19.0 Å². The first-order valence-corrected chi connectivity index (χ1v) is 20.8. The third-order valence-corrected chi connectivity index (χ3v) is 15.8. The van der Waals surface area contributed by atoms with Crippen molar-refractivity contribution < 1.29 is 32.6 Å². The Balaban J connectivity index is 1.76. The highest BCUT2D eigenvalue weighted by Crippen LogP contribution is 2.55. The SMILES string of the molecule is CCCCCC(F)(F)/C=C/[C@@H]1[C@@H](C)[C@@H](C(/C=C\CCCC(=O)OC)C(C)(C)[Si](O)(c2ccccc2)c2ccccc2)C[C@H]1OC1CCCCO1. The molecule has 2 aromatic carbocycles. The average molecular weight is 711 g/mol. The standard InChI is InChI=1S/C42H60F2O5Si/c1-6-7-18-28-42(43,44)29-27-35-32(2)36(31-38(35)49-40-26-17-19-30-48-40)37(24-15-10-16-25-39(45)47-5)41(3,4)50(46,33-20-11-8-12-21-33)34-22-13-9-14-23-34/h8-9,11-15,20-24,27,29,32,35-38,40,46H,6-7,10,16-19,25-26,28,30-31H2,1-5H3/b24-15-,29-27+/t32-,35-,36+,37?,38-,40?/m1/s1. The molecule has 0 aromatic heterocycles. The van der Waals surface area contributed by atoms with Gasteiger partial charge in [0, 0.05) is 25.4 Å². The molecule has 6 atom stereocenters.